The second kappa shape index (κ2) is 4.35. The normalized spacial score (nSPS) is 23.6. The van der Waals surface area contributed by atoms with Gasteiger partial charge in [0.15, 0.2) is 0 Å². The smallest absolute Gasteiger partial charge is 0.274 e. The molecule has 2 heterocycles. The van der Waals surface area contributed by atoms with Crippen molar-refractivity contribution in [3.8, 4) is 0 Å². The van der Waals surface area contributed by atoms with E-state index in [4.69, 9.17) is 5.21 Å². The van der Waals surface area contributed by atoms with Crippen LogP contribution in [0.15, 0.2) is 18.2 Å². The van der Waals surface area contributed by atoms with Gasteiger partial charge in [-0.3, -0.25) is 10.0 Å². The van der Waals surface area contributed by atoms with E-state index in [1.54, 1.807) is 11.5 Å². The van der Waals surface area contributed by atoms with Gasteiger partial charge in [-0.25, -0.2) is 15.5 Å². The van der Waals surface area contributed by atoms with E-state index in [0.717, 1.165) is 13.1 Å². The molecule has 1 amide bonds. The minimum absolute atomic E-state index is 0.449. The van der Waals surface area contributed by atoms with Crippen molar-refractivity contribution in [3.63, 3.8) is 0 Å². The average molecular weight is 247 g/mol. The lowest BCUT2D eigenvalue weighted by Gasteiger charge is -2.39. The predicted molar refractivity (Wildman–Crippen MR) is 65.8 cm³/mol. The van der Waals surface area contributed by atoms with Gasteiger partial charge in [-0.1, -0.05) is 6.07 Å². The maximum Gasteiger partial charge on any atom is 0.274 e. The van der Waals surface area contributed by atoms with Crippen molar-refractivity contribution in [1.29, 1.82) is 0 Å². The van der Waals surface area contributed by atoms with E-state index in [1.165, 1.54) is 24.0 Å². The number of hydrogen-bond acceptors (Lipinski definition) is 4. The van der Waals surface area contributed by atoms with Gasteiger partial charge in [-0.05, 0) is 36.1 Å². The van der Waals surface area contributed by atoms with Crippen molar-refractivity contribution in [2.24, 2.45) is 0 Å². The number of benzene rings is 1. The molecule has 0 aromatic heterocycles. The Morgan fingerprint density at radius 2 is 2.33 bits per heavy atom. The number of nitrogens with one attached hydrogen (secondary N) is 1. The van der Waals surface area contributed by atoms with Crippen molar-refractivity contribution < 1.29 is 10.0 Å². The van der Waals surface area contributed by atoms with Crippen LogP contribution in [-0.2, 0) is 6.54 Å². The van der Waals surface area contributed by atoms with Crippen LogP contribution < -0.4 is 5.48 Å². The Morgan fingerprint density at radius 3 is 3.11 bits per heavy atom. The maximum atomic E-state index is 11.4. The summed E-state index contributed by atoms with van der Waals surface area (Å²) < 4.78 is 0. The summed E-state index contributed by atoms with van der Waals surface area (Å²) in [4.78, 5) is 11.4. The van der Waals surface area contributed by atoms with Crippen molar-refractivity contribution >= 4 is 5.91 Å². The van der Waals surface area contributed by atoms with Gasteiger partial charge in [0.25, 0.3) is 5.91 Å². The predicted octanol–water partition coefficient (Wildman–Crippen LogP) is 1.30. The van der Waals surface area contributed by atoms with Crippen molar-refractivity contribution in [1.82, 2.24) is 15.5 Å². The number of fused-ring (bicyclic) bond motifs is 3. The van der Waals surface area contributed by atoms with E-state index in [9.17, 15) is 4.79 Å². The van der Waals surface area contributed by atoms with Crippen molar-refractivity contribution in [3.05, 3.63) is 34.9 Å². The number of amides is 1. The minimum atomic E-state index is -0.450. The molecule has 1 atom stereocenters. The lowest BCUT2D eigenvalue weighted by molar-refractivity contribution is -0.0343. The summed E-state index contributed by atoms with van der Waals surface area (Å²) >= 11 is 0. The molecular formula is C13H17N3O2. The molecule has 96 valence electrons. The highest BCUT2D eigenvalue weighted by Gasteiger charge is 2.34. The second-order valence-electron chi connectivity index (χ2n) is 4.99. The number of carbonyl (C=O) groups is 1. The molecule has 0 spiro atoms. The molecule has 18 heavy (non-hydrogen) atoms. The first-order chi connectivity index (χ1) is 8.70. The van der Waals surface area contributed by atoms with E-state index in [1.807, 2.05) is 12.1 Å². The lowest BCUT2D eigenvalue weighted by atomic mass is 9.95. The molecule has 5 nitrogen and oxygen atoms in total. The Hall–Kier alpha value is -1.43. The topological polar surface area (TPSA) is 55.8 Å². The van der Waals surface area contributed by atoms with Gasteiger partial charge in [0, 0.05) is 31.7 Å². The highest BCUT2D eigenvalue weighted by Crippen LogP contribution is 2.39. The largest absolute Gasteiger partial charge is 0.288 e. The zero-order valence-corrected chi connectivity index (χ0v) is 10.4. The Labute approximate surface area is 106 Å². The number of carbonyl (C=O) groups excluding carboxylic acids is 1. The monoisotopic (exact) mass is 247 g/mol. The highest BCUT2D eigenvalue weighted by molar-refractivity contribution is 5.93. The van der Waals surface area contributed by atoms with Gasteiger partial charge >= 0.3 is 0 Å². The van der Waals surface area contributed by atoms with E-state index in [0.29, 0.717) is 11.6 Å². The molecule has 3 rings (SSSR count). The third-order valence-corrected chi connectivity index (χ3v) is 3.93. The number of rotatable bonds is 1. The number of nitrogens with zero attached hydrogens (tertiary/aromatic N) is 2. The molecule has 2 N–H and O–H groups in total. The lowest BCUT2D eigenvalue weighted by Crippen LogP contribution is -2.42. The van der Waals surface area contributed by atoms with Crippen LogP contribution in [0, 0.1) is 0 Å². The summed E-state index contributed by atoms with van der Waals surface area (Å²) in [5.41, 5.74) is 4.69. The van der Waals surface area contributed by atoms with Gasteiger partial charge in [0.2, 0.25) is 0 Å². The van der Waals surface area contributed by atoms with Gasteiger partial charge in [-0.15, -0.1) is 0 Å². The molecule has 1 unspecified atom stereocenters. The molecule has 1 aromatic rings. The summed E-state index contributed by atoms with van der Waals surface area (Å²) in [6.07, 6.45) is 2.39. The summed E-state index contributed by atoms with van der Waals surface area (Å²) in [6, 6.07) is 6.14. The fourth-order valence-electron chi connectivity index (χ4n) is 3.09. The molecule has 0 bridgehead atoms. The van der Waals surface area contributed by atoms with Crippen LogP contribution in [-0.4, -0.2) is 34.7 Å². The molecule has 5 heteroatoms. The van der Waals surface area contributed by atoms with Gasteiger partial charge in [0.1, 0.15) is 0 Å². The highest BCUT2D eigenvalue weighted by atomic mass is 16.5. The number of hydrogen-bond donors (Lipinski definition) is 2. The van der Waals surface area contributed by atoms with Crippen molar-refractivity contribution in [2.75, 3.05) is 13.6 Å². The fourth-order valence-corrected chi connectivity index (χ4v) is 3.09. The first-order valence-corrected chi connectivity index (χ1v) is 6.25. The van der Waals surface area contributed by atoms with Gasteiger partial charge in [-0.2, -0.15) is 0 Å². The number of hydrazine groups is 1. The molecular weight excluding hydrogens is 230 g/mol. The first-order valence-electron chi connectivity index (χ1n) is 6.25. The van der Waals surface area contributed by atoms with Crippen LogP contribution in [0.1, 0.15) is 40.4 Å². The third-order valence-electron chi connectivity index (χ3n) is 3.93. The summed E-state index contributed by atoms with van der Waals surface area (Å²) in [6.45, 7) is 1.93. The number of hydroxylamine groups is 1. The molecule has 1 fully saturated rings. The molecule has 2 aliphatic rings. The Morgan fingerprint density at radius 1 is 1.50 bits per heavy atom. The Bertz CT molecular complexity index is 489. The molecule has 0 aliphatic carbocycles. The van der Waals surface area contributed by atoms with Crippen molar-refractivity contribution in [2.45, 2.75) is 25.4 Å². The maximum absolute atomic E-state index is 11.4. The fraction of sp³-hybridized carbons (Fsp3) is 0.462. The van der Waals surface area contributed by atoms with E-state index in [2.05, 4.69) is 17.1 Å². The van der Waals surface area contributed by atoms with Crippen LogP contribution in [0.2, 0.25) is 0 Å². The van der Waals surface area contributed by atoms with E-state index < -0.39 is 5.91 Å². The Balaban J connectivity index is 2.00. The SMILES string of the molecule is CN1Cc2cc(C(=O)NO)ccc2C2CCCN21. The standard InChI is InChI=1S/C13H17N3O2/c1-15-8-10-7-9(13(17)14-18)4-5-11(10)12-3-2-6-16(12)15/h4-5,7,12,18H,2-3,6,8H2,1H3,(H,14,17). The summed E-state index contributed by atoms with van der Waals surface area (Å²) in [5, 5.41) is 13.3. The minimum Gasteiger partial charge on any atom is -0.288 e. The molecule has 1 aromatic carbocycles. The third kappa shape index (κ3) is 1.71. The van der Waals surface area contributed by atoms with E-state index in [-0.39, 0.29) is 0 Å². The summed E-state index contributed by atoms with van der Waals surface area (Å²) in [5.74, 6) is -0.450. The average Bonchev–Trinajstić information content (AvgIpc) is 2.87. The zero-order valence-electron chi connectivity index (χ0n) is 10.4. The van der Waals surface area contributed by atoms with Crippen LogP contribution >= 0.6 is 0 Å². The first kappa shape index (κ1) is 11.6. The van der Waals surface area contributed by atoms with Crippen LogP contribution in [0.5, 0.6) is 0 Å². The quantitative estimate of drug-likeness (QED) is 0.580. The second-order valence-corrected chi connectivity index (χ2v) is 4.99. The van der Waals surface area contributed by atoms with E-state index >= 15 is 0 Å². The van der Waals surface area contributed by atoms with Crippen LogP contribution in [0.25, 0.3) is 0 Å². The molecule has 1 saturated heterocycles. The molecule has 2 aliphatic heterocycles. The van der Waals surface area contributed by atoms with Crippen LogP contribution in [0.4, 0.5) is 0 Å². The van der Waals surface area contributed by atoms with Crippen LogP contribution in [0.3, 0.4) is 0 Å². The molecule has 0 saturated carbocycles. The van der Waals surface area contributed by atoms with Gasteiger partial charge < -0.3 is 0 Å². The summed E-state index contributed by atoms with van der Waals surface area (Å²) in [7, 11) is 2.08. The molecule has 0 radical (unpaired) electrons. The zero-order chi connectivity index (χ0) is 12.7. The Kier molecular flexibility index (Phi) is 2.81. The van der Waals surface area contributed by atoms with Gasteiger partial charge in [0.05, 0.1) is 0 Å².